The van der Waals surface area contributed by atoms with E-state index in [0.717, 1.165) is 30.8 Å². The molecule has 0 N–H and O–H groups in total. The number of carbonyl (C=O) groups excluding carboxylic acids is 2. The largest absolute Gasteiger partial charge is 0.416 e. The zero-order chi connectivity index (χ0) is 24.9. The number of aromatic nitrogens is 2. The fourth-order valence-corrected chi connectivity index (χ4v) is 5.57. The van der Waals surface area contributed by atoms with Crippen LogP contribution in [0.2, 0.25) is 5.02 Å². The third kappa shape index (κ3) is 4.70. The highest BCUT2D eigenvalue weighted by Crippen LogP contribution is 2.36. The summed E-state index contributed by atoms with van der Waals surface area (Å²) in [4.78, 5) is 29.2. The molecule has 6 nitrogen and oxygen atoms in total. The van der Waals surface area contributed by atoms with Gasteiger partial charge in [0.1, 0.15) is 0 Å². The molecule has 0 unspecified atom stereocenters. The van der Waals surface area contributed by atoms with Gasteiger partial charge in [-0.25, -0.2) is 0 Å². The first-order valence-electron chi connectivity index (χ1n) is 10.9. The Hall–Kier alpha value is -2.82. The van der Waals surface area contributed by atoms with E-state index >= 15 is 0 Å². The summed E-state index contributed by atoms with van der Waals surface area (Å²) in [5.41, 5.74) is 0.609. The summed E-state index contributed by atoms with van der Waals surface area (Å²) in [6.07, 6.45) is -0.541. The number of likely N-dealkylation sites (N-methyl/N-ethyl adjacent to an activating group) is 1. The second-order valence-electron chi connectivity index (χ2n) is 8.68. The van der Waals surface area contributed by atoms with Crippen LogP contribution < -0.4 is 0 Å². The van der Waals surface area contributed by atoms with E-state index < -0.39 is 11.7 Å². The van der Waals surface area contributed by atoms with Crippen LogP contribution in [0.3, 0.4) is 0 Å². The molecule has 2 fully saturated rings. The van der Waals surface area contributed by atoms with Gasteiger partial charge in [-0.15, -0.1) is 0 Å². The normalized spacial score (nSPS) is 20.7. The van der Waals surface area contributed by atoms with Crippen LogP contribution in [0, 0.1) is 0 Å². The third-order valence-electron chi connectivity index (χ3n) is 6.22. The van der Waals surface area contributed by atoms with Gasteiger partial charge in [-0.05, 0) is 73.2 Å². The molecule has 1 aromatic heterocycles. The summed E-state index contributed by atoms with van der Waals surface area (Å²) in [6, 6.07) is 8.86. The second kappa shape index (κ2) is 9.00. The summed E-state index contributed by atoms with van der Waals surface area (Å²) in [6.45, 7) is 1.43. The SMILES string of the molecule is CN1CC[C@@H](N2C(=O)S/C(=C\c3ccc4c(cnn4Cc4ccc(Cl)cc4C(F)(F)F)c3)C2=O)C1. The molecule has 0 spiro atoms. The minimum atomic E-state index is -4.53. The van der Waals surface area contributed by atoms with E-state index in [1.165, 1.54) is 21.7 Å². The van der Waals surface area contributed by atoms with Crippen molar-refractivity contribution in [2.75, 3.05) is 20.1 Å². The molecule has 5 rings (SSSR count). The van der Waals surface area contributed by atoms with Crippen LogP contribution in [-0.2, 0) is 17.5 Å². The van der Waals surface area contributed by atoms with Gasteiger partial charge in [-0.1, -0.05) is 23.7 Å². The van der Waals surface area contributed by atoms with Crippen LogP contribution in [0.25, 0.3) is 17.0 Å². The van der Waals surface area contributed by atoms with Crippen molar-refractivity contribution in [3.63, 3.8) is 0 Å². The summed E-state index contributed by atoms with van der Waals surface area (Å²) in [5.74, 6) is -0.293. The average Bonchev–Trinajstić information content (AvgIpc) is 3.46. The maximum atomic E-state index is 13.5. The van der Waals surface area contributed by atoms with Gasteiger partial charge in [0.15, 0.2) is 0 Å². The van der Waals surface area contributed by atoms with E-state index in [2.05, 4.69) is 10.00 Å². The van der Waals surface area contributed by atoms with Gasteiger partial charge in [0.05, 0.1) is 34.8 Å². The Morgan fingerprint density at radius 2 is 2.00 bits per heavy atom. The summed E-state index contributed by atoms with van der Waals surface area (Å²) in [5, 5.41) is 4.72. The van der Waals surface area contributed by atoms with E-state index in [9.17, 15) is 22.8 Å². The molecule has 182 valence electrons. The first-order valence-corrected chi connectivity index (χ1v) is 12.1. The highest BCUT2D eigenvalue weighted by atomic mass is 35.5. The van der Waals surface area contributed by atoms with Crippen molar-refractivity contribution in [3.8, 4) is 0 Å². The van der Waals surface area contributed by atoms with Gasteiger partial charge in [-0.3, -0.25) is 19.2 Å². The van der Waals surface area contributed by atoms with Crippen LogP contribution in [0.5, 0.6) is 0 Å². The van der Waals surface area contributed by atoms with E-state index in [1.807, 2.05) is 7.05 Å². The molecule has 0 bridgehead atoms. The Balaban J connectivity index is 1.40. The van der Waals surface area contributed by atoms with Gasteiger partial charge >= 0.3 is 6.18 Å². The summed E-state index contributed by atoms with van der Waals surface area (Å²) >= 11 is 6.70. The molecule has 2 amide bonds. The smallest absolute Gasteiger partial charge is 0.304 e. The van der Waals surface area contributed by atoms with Crippen LogP contribution in [0.4, 0.5) is 18.0 Å². The number of carbonyl (C=O) groups is 2. The van der Waals surface area contributed by atoms with E-state index in [0.29, 0.717) is 27.9 Å². The molecule has 0 aliphatic carbocycles. The maximum absolute atomic E-state index is 13.5. The van der Waals surface area contributed by atoms with Crippen molar-refractivity contribution >= 4 is 51.5 Å². The predicted octanol–water partition coefficient (Wildman–Crippen LogP) is 5.50. The van der Waals surface area contributed by atoms with E-state index in [4.69, 9.17) is 11.6 Å². The van der Waals surface area contributed by atoms with Crippen molar-refractivity contribution < 1.29 is 22.8 Å². The Labute approximate surface area is 208 Å². The number of rotatable bonds is 4. The average molecular weight is 521 g/mol. The van der Waals surface area contributed by atoms with Gasteiger partial charge < -0.3 is 4.90 Å². The molecular formula is C24H20ClF3N4O2S. The van der Waals surface area contributed by atoms with Crippen LogP contribution >= 0.6 is 23.4 Å². The number of amides is 2. The quantitative estimate of drug-likeness (QED) is 0.425. The fraction of sp³-hybridized carbons (Fsp3) is 0.292. The topological polar surface area (TPSA) is 58.4 Å². The number of nitrogens with zero attached hydrogens (tertiary/aromatic N) is 4. The lowest BCUT2D eigenvalue weighted by Crippen LogP contribution is -2.40. The molecule has 0 saturated carbocycles. The third-order valence-corrected chi connectivity index (χ3v) is 7.34. The fourth-order valence-electron chi connectivity index (χ4n) is 4.50. The van der Waals surface area contributed by atoms with E-state index in [1.54, 1.807) is 30.5 Å². The van der Waals surface area contributed by atoms with Crippen LogP contribution in [0.15, 0.2) is 47.5 Å². The molecule has 11 heteroatoms. The highest BCUT2D eigenvalue weighted by molar-refractivity contribution is 8.18. The summed E-state index contributed by atoms with van der Waals surface area (Å²) < 4.78 is 41.9. The first kappa shape index (κ1) is 23.9. The Bertz CT molecular complexity index is 1370. The molecule has 2 aliphatic rings. The number of halogens is 4. The zero-order valence-corrected chi connectivity index (χ0v) is 20.1. The number of thioether (sulfide) groups is 1. The molecule has 3 heterocycles. The number of alkyl halides is 3. The standard InChI is InChI=1S/C24H20ClF3N4O2S/c1-30-7-6-18(13-30)32-22(33)21(35-23(32)34)9-14-2-5-20-16(8-14)11-29-31(20)12-15-3-4-17(25)10-19(15)24(26,27)28/h2-5,8-11,18H,6-7,12-13H2,1H3/b21-9-/t18-/m1/s1. The Kier molecular flexibility index (Phi) is 6.14. The molecule has 1 atom stereocenters. The lowest BCUT2D eigenvalue weighted by atomic mass is 10.1. The van der Waals surface area contributed by atoms with Gasteiger partial charge in [-0.2, -0.15) is 18.3 Å². The molecule has 0 radical (unpaired) electrons. The summed E-state index contributed by atoms with van der Waals surface area (Å²) in [7, 11) is 1.96. The molecule has 2 aliphatic heterocycles. The lowest BCUT2D eigenvalue weighted by Gasteiger charge is -2.20. The Morgan fingerprint density at radius 3 is 2.71 bits per heavy atom. The van der Waals surface area contributed by atoms with E-state index in [-0.39, 0.29) is 34.3 Å². The van der Waals surface area contributed by atoms with Gasteiger partial charge in [0.2, 0.25) is 0 Å². The molecule has 3 aromatic rings. The lowest BCUT2D eigenvalue weighted by molar-refractivity contribution is -0.138. The number of hydrogen-bond acceptors (Lipinski definition) is 5. The Morgan fingerprint density at radius 1 is 1.20 bits per heavy atom. The van der Waals surface area contributed by atoms with Crippen LogP contribution in [0.1, 0.15) is 23.1 Å². The van der Waals surface area contributed by atoms with Gasteiger partial charge in [0, 0.05) is 17.0 Å². The monoisotopic (exact) mass is 520 g/mol. The zero-order valence-electron chi connectivity index (χ0n) is 18.6. The maximum Gasteiger partial charge on any atom is 0.416 e. The number of fused-ring (bicyclic) bond motifs is 1. The van der Waals surface area contributed by atoms with Crippen molar-refractivity contribution in [1.29, 1.82) is 0 Å². The van der Waals surface area contributed by atoms with Gasteiger partial charge in [0.25, 0.3) is 11.1 Å². The second-order valence-corrected chi connectivity index (χ2v) is 10.1. The molecule has 2 saturated heterocycles. The van der Waals surface area contributed by atoms with Crippen molar-refractivity contribution in [2.45, 2.75) is 25.2 Å². The van der Waals surface area contributed by atoms with Crippen molar-refractivity contribution in [2.24, 2.45) is 0 Å². The van der Waals surface area contributed by atoms with Crippen LogP contribution in [-0.4, -0.2) is 56.9 Å². The number of hydrogen-bond donors (Lipinski definition) is 0. The molecule has 35 heavy (non-hydrogen) atoms. The minimum absolute atomic E-state index is 0.0143. The van der Waals surface area contributed by atoms with Crippen molar-refractivity contribution in [3.05, 3.63) is 69.2 Å². The highest BCUT2D eigenvalue weighted by Gasteiger charge is 2.41. The molecule has 2 aromatic carbocycles. The predicted molar refractivity (Wildman–Crippen MR) is 129 cm³/mol. The minimum Gasteiger partial charge on any atom is -0.304 e. The van der Waals surface area contributed by atoms with Crippen molar-refractivity contribution in [1.82, 2.24) is 19.6 Å². The number of benzene rings is 2. The first-order chi connectivity index (χ1) is 16.6. The number of imide groups is 1. The number of likely N-dealkylation sites (tertiary alicyclic amines) is 1. The molecular weight excluding hydrogens is 501 g/mol.